The van der Waals surface area contributed by atoms with Gasteiger partial charge in [0.05, 0.1) is 25.5 Å². The molecule has 7 nitrogen and oxygen atoms in total. The van der Waals surface area contributed by atoms with Crippen molar-refractivity contribution in [3.63, 3.8) is 0 Å². The number of benzene rings is 2. The molecule has 0 atom stereocenters. The van der Waals surface area contributed by atoms with Crippen molar-refractivity contribution in [3.05, 3.63) is 47.0 Å². The monoisotopic (exact) mass is 518 g/mol. The number of unbranched alkanes of at least 4 members (excludes halogenated alkanes) is 4. The molecule has 198 valence electrons. The van der Waals surface area contributed by atoms with E-state index >= 15 is 0 Å². The molecule has 0 spiro atoms. The molecule has 2 N–H and O–H groups in total. The Labute approximate surface area is 219 Å². The number of amides is 1. The number of nitrogens with one attached hydrogen (secondary N) is 2. The number of halogens is 1. The summed E-state index contributed by atoms with van der Waals surface area (Å²) >= 11 is 6.49. The van der Waals surface area contributed by atoms with Crippen LogP contribution in [0.15, 0.2) is 36.4 Å². The van der Waals surface area contributed by atoms with Gasteiger partial charge in [0, 0.05) is 24.9 Å². The molecule has 2 rings (SSSR count). The lowest BCUT2D eigenvalue weighted by Crippen LogP contribution is -2.12. The van der Waals surface area contributed by atoms with Crippen molar-refractivity contribution in [3.8, 4) is 11.5 Å². The molecular formula is C28H39ClN2O5. The zero-order chi connectivity index (χ0) is 26.2. The average Bonchev–Trinajstić information content (AvgIpc) is 2.84. The van der Waals surface area contributed by atoms with Crippen molar-refractivity contribution in [2.45, 2.75) is 72.3 Å². The van der Waals surface area contributed by atoms with Gasteiger partial charge in [-0.3, -0.25) is 9.59 Å². The standard InChI is InChI=1S/C28H39ClN2O5/c1-4-6-9-17-35-23-16-15-22(24(29)19-23)20-30-25-12-11-13-26(28(25)31-21(3)32)36-18-10-7-8-14-27(33)34-5-2/h11-13,15-16,19,30H,4-10,14,17-18,20H2,1-3H3,(H,31,32). The maximum Gasteiger partial charge on any atom is 0.305 e. The fraction of sp³-hybridized carbons (Fsp3) is 0.500. The van der Waals surface area contributed by atoms with Gasteiger partial charge in [-0.25, -0.2) is 0 Å². The molecule has 2 aromatic rings. The smallest absolute Gasteiger partial charge is 0.305 e. The second kappa shape index (κ2) is 16.7. The summed E-state index contributed by atoms with van der Waals surface area (Å²) in [6.45, 7) is 7.46. The van der Waals surface area contributed by atoms with Crippen LogP contribution in [0.2, 0.25) is 5.02 Å². The molecular weight excluding hydrogens is 480 g/mol. The summed E-state index contributed by atoms with van der Waals surface area (Å²) < 4.78 is 16.7. The van der Waals surface area contributed by atoms with E-state index in [1.165, 1.54) is 6.92 Å². The lowest BCUT2D eigenvalue weighted by Gasteiger charge is -2.17. The Bertz CT molecular complexity index is 967. The third kappa shape index (κ3) is 10.8. The molecule has 0 bridgehead atoms. The lowest BCUT2D eigenvalue weighted by atomic mass is 10.2. The molecule has 0 aliphatic rings. The zero-order valence-electron chi connectivity index (χ0n) is 21.7. The first kappa shape index (κ1) is 29.3. The highest BCUT2D eigenvalue weighted by molar-refractivity contribution is 6.31. The van der Waals surface area contributed by atoms with E-state index in [1.807, 2.05) is 36.4 Å². The van der Waals surface area contributed by atoms with Gasteiger partial charge in [0.1, 0.15) is 17.2 Å². The van der Waals surface area contributed by atoms with E-state index in [0.29, 0.717) is 49.2 Å². The van der Waals surface area contributed by atoms with Gasteiger partial charge < -0.3 is 24.8 Å². The third-order valence-electron chi connectivity index (χ3n) is 5.43. The van der Waals surface area contributed by atoms with E-state index in [0.717, 1.165) is 55.5 Å². The summed E-state index contributed by atoms with van der Waals surface area (Å²) in [5.41, 5.74) is 2.24. The molecule has 1 amide bonds. The lowest BCUT2D eigenvalue weighted by molar-refractivity contribution is -0.143. The first-order valence-corrected chi connectivity index (χ1v) is 13.2. The number of carbonyl (C=O) groups is 2. The molecule has 0 heterocycles. The van der Waals surface area contributed by atoms with Crippen LogP contribution in [-0.2, 0) is 20.9 Å². The predicted octanol–water partition coefficient (Wildman–Crippen LogP) is 6.98. The Hall–Kier alpha value is -2.93. The van der Waals surface area contributed by atoms with Gasteiger partial charge in [-0.05, 0) is 62.4 Å². The quantitative estimate of drug-likeness (QED) is 0.173. The molecule has 0 saturated heterocycles. The van der Waals surface area contributed by atoms with Crippen molar-refractivity contribution >= 4 is 34.9 Å². The summed E-state index contributed by atoms with van der Waals surface area (Å²) in [5, 5.41) is 6.85. The van der Waals surface area contributed by atoms with Crippen LogP contribution >= 0.6 is 11.6 Å². The number of ether oxygens (including phenoxy) is 3. The second-order valence-electron chi connectivity index (χ2n) is 8.49. The number of hydrogen-bond donors (Lipinski definition) is 2. The molecule has 0 saturated carbocycles. The normalized spacial score (nSPS) is 10.6. The maximum atomic E-state index is 11.9. The molecule has 0 fully saturated rings. The summed E-state index contributed by atoms with van der Waals surface area (Å²) in [4.78, 5) is 23.3. The first-order valence-electron chi connectivity index (χ1n) is 12.8. The zero-order valence-corrected chi connectivity index (χ0v) is 22.4. The van der Waals surface area contributed by atoms with Gasteiger partial charge in [0.25, 0.3) is 0 Å². The van der Waals surface area contributed by atoms with Crippen LogP contribution in [-0.4, -0.2) is 31.7 Å². The second-order valence-corrected chi connectivity index (χ2v) is 8.89. The van der Waals surface area contributed by atoms with E-state index in [2.05, 4.69) is 17.6 Å². The number of esters is 1. The van der Waals surface area contributed by atoms with E-state index in [-0.39, 0.29) is 11.9 Å². The Morgan fingerprint density at radius 1 is 0.944 bits per heavy atom. The minimum atomic E-state index is -0.189. The van der Waals surface area contributed by atoms with Crippen molar-refractivity contribution < 1.29 is 23.8 Å². The van der Waals surface area contributed by atoms with E-state index in [4.69, 9.17) is 25.8 Å². The summed E-state index contributed by atoms with van der Waals surface area (Å²) in [5.74, 6) is 0.990. The fourth-order valence-electron chi connectivity index (χ4n) is 3.56. The molecule has 0 unspecified atom stereocenters. The molecule has 0 radical (unpaired) electrons. The highest BCUT2D eigenvalue weighted by Crippen LogP contribution is 2.34. The fourth-order valence-corrected chi connectivity index (χ4v) is 3.80. The molecule has 2 aromatic carbocycles. The minimum absolute atomic E-state index is 0.167. The van der Waals surface area contributed by atoms with E-state index < -0.39 is 0 Å². The highest BCUT2D eigenvalue weighted by atomic mass is 35.5. The summed E-state index contributed by atoms with van der Waals surface area (Å²) in [7, 11) is 0. The number of hydrogen-bond acceptors (Lipinski definition) is 6. The highest BCUT2D eigenvalue weighted by Gasteiger charge is 2.12. The Balaban J connectivity index is 1.94. The predicted molar refractivity (Wildman–Crippen MR) is 145 cm³/mol. The van der Waals surface area contributed by atoms with Gasteiger partial charge in [-0.15, -0.1) is 0 Å². The van der Waals surface area contributed by atoms with Crippen molar-refractivity contribution in [1.82, 2.24) is 0 Å². The first-order chi connectivity index (χ1) is 17.4. The number of rotatable bonds is 17. The minimum Gasteiger partial charge on any atom is -0.494 e. The van der Waals surface area contributed by atoms with E-state index in [1.54, 1.807) is 6.92 Å². The number of carbonyl (C=O) groups excluding carboxylic acids is 2. The molecule has 8 heteroatoms. The maximum absolute atomic E-state index is 11.9. The van der Waals surface area contributed by atoms with Crippen molar-refractivity contribution in [1.29, 1.82) is 0 Å². The SMILES string of the molecule is CCCCCOc1ccc(CNc2cccc(OCCCCCC(=O)OCC)c2NC(C)=O)c(Cl)c1. The van der Waals surface area contributed by atoms with Crippen LogP contribution in [0, 0.1) is 0 Å². The molecule has 0 aromatic heterocycles. The van der Waals surface area contributed by atoms with Crippen LogP contribution in [0.5, 0.6) is 11.5 Å². The number of para-hydroxylation sites is 1. The Morgan fingerprint density at radius 3 is 2.44 bits per heavy atom. The Kier molecular flexibility index (Phi) is 13.6. The van der Waals surface area contributed by atoms with Crippen LogP contribution in [0.3, 0.4) is 0 Å². The molecule has 0 aliphatic carbocycles. The van der Waals surface area contributed by atoms with Crippen molar-refractivity contribution in [2.24, 2.45) is 0 Å². The summed E-state index contributed by atoms with van der Waals surface area (Å²) in [6, 6.07) is 11.3. The summed E-state index contributed by atoms with van der Waals surface area (Å²) in [6.07, 6.45) is 6.13. The van der Waals surface area contributed by atoms with Gasteiger partial charge >= 0.3 is 5.97 Å². The Morgan fingerprint density at radius 2 is 1.72 bits per heavy atom. The van der Waals surface area contributed by atoms with Gasteiger partial charge in [0.2, 0.25) is 5.91 Å². The van der Waals surface area contributed by atoms with Gasteiger partial charge in [-0.1, -0.05) is 43.5 Å². The largest absolute Gasteiger partial charge is 0.494 e. The van der Waals surface area contributed by atoms with Crippen LogP contribution in [0.25, 0.3) is 0 Å². The molecule has 0 aliphatic heterocycles. The van der Waals surface area contributed by atoms with Gasteiger partial charge in [0.15, 0.2) is 0 Å². The van der Waals surface area contributed by atoms with E-state index in [9.17, 15) is 9.59 Å². The topological polar surface area (TPSA) is 85.9 Å². The number of anilines is 2. The van der Waals surface area contributed by atoms with Crippen molar-refractivity contribution in [2.75, 3.05) is 30.5 Å². The van der Waals surface area contributed by atoms with Crippen LogP contribution < -0.4 is 20.1 Å². The third-order valence-corrected chi connectivity index (χ3v) is 5.78. The van der Waals surface area contributed by atoms with Crippen LogP contribution in [0.4, 0.5) is 11.4 Å². The van der Waals surface area contributed by atoms with Gasteiger partial charge in [-0.2, -0.15) is 0 Å². The average molecular weight is 519 g/mol. The van der Waals surface area contributed by atoms with Crippen LogP contribution in [0.1, 0.15) is 71.3 Å². The molecule has 36 heavy (non-hydrogen) atoms.